The molecule has 0 spiro atoms. The van der Waals surface area contributed by atoms with E-state index in [4.69, 9.17) is 9.84 Å². The van der Waals surface area contributed by atoms with Gasteiger partial charge < -0.3 is 20.1 Å². The van der Waals surface area contributed by atoms with Gasteiger partial charge in [-0.05, 0) is 52.9 Å². The van der Waals surface area contributed by atoms with Crippen LogP contribution in [0.3, 0.4) is 0 Å². The highest BCUT2D eigenvalue weighted by Gasteiger charge is 2.12. The minimum Gasteiger partial charge on any atom is -0.488 e. The summed E-state index contributed by atoms with van der Waals surface area (Å²) in [5, 5.41) is 21.6. The van der Waals surface area contributed by atoms with Crippen molar-refractivity contribution in [2.75, 3.05) is 25.1 Å². The summed E-state index contributed by atoms with van der Waals surface area (Å²) < 4.78 is 6.26. The number of hydrogen-bond donors (Lipinski definition) is 2. The smallest absolute Gasteiger partial charge is 0.126 e. The molecule has 5 heteroatoms. The largest absolute Gasteiger partial charge is 0.488 e. The Kier molecular flexibility index (Phi) is 8.93. The van der Waals surface area contributed by atoms with Crippen LogP contribution in [0, 0.1) is 18.3 Å². The first-order chi connectivity index (χ1) is 18.1. The summed E-state index contributed by atoms with van der Waals surface area (Å²) in [6, 6.07) is 32.9. The summed E-state index contributed by atoms with van der Waals surface area (Å²) in [6.07, 6.45) is 0. The molecule has 5 nitrogen and oxygen atoms in total. The van der Waals surface area contributed by atoms with E-state index in [0.29, 0.717) is 25.3 Å². The van der Waals surface area contributed by atoms with Gasteiger partial charge in [0.2, 0.25) is 0 Å². The zero-order valence-electron chi connectivity index (χ0n) is 21.4. The fourth-order valence-corrected chi connectivity index (χ4v) is 4.39. The first kappa shape index (κ1) is 26.0. The van der Waals surface area contributed by atoms with Crippen molar-refractivity contribution >= 4 is 5.69 Å². The van der Waals surface area contributed by atoms with Crippen molar-refractivity contribution in [1.29, 1.82) is 5.26 Å². The number of nitriles is 1. The number of benzene rings is 4. The van der Waals surface area contributed by atoms with E-state index >= 15 is 0 Å². The molecule has 0 aliphatic carbocycles. The van der Waals surface area contributed by atoms with Gasteiger partial charge in [0.15, 0.2) is 0 Å². The van der Waals surface area contributed by atoms with E-state index in [0.717, 1.165) is 29.1 Å². The van der Waals surface area contributed by atoms with E-state index in [2.05, 4.69) is 90.9 Å². The number of aliphatic hydroxyl groups is 1. The molecule has 4 aromatic rings. The van der Waals surface area contributed by atoms with E-state index < -0.39 is 0 Å². The number of hydrogen-bond acceptors (Lipinski definition) is 5. The predicted octanol–water partition coefficient (Wildman–Crippen LogP) is 5.83. The lowest BCUT2D eigenvalue weighted by Gasteiger charge is -2.23. The Labute approximate surface area is 219 Å². The Morgan fingerprint density at radius 3 is 2.51 bits per heavy atom. The maximum atomic E-state index is 9.21. The third kappa shape index (κ3) is 6.77. The van der Waals surface area contributed by atoms with Crippen LogP contribution < -0.4 is 15.0 Å². The van der Waals surface area contributed by atoms with Gasteiger partial charge in [0.25, 0.3) is 0 Å². The maximum absolute atomic E-state index is 9.21. The van der Waals surface area contributed by atoms with Gasteiger partial charge in [0, 0.05) is 44.0 Å². The van der Waals surface area contributed by atoms with E-state index in [-0.39, 0.29) is 6.61 Å². The molecule has 0 bridgehead atoms. The molecule has 0 fully saturated rings. The number of anilines is 1. The van der Waals surface area contributed by atoms with Crippen molar-refractivity contribution in [3.8, 4) is 22.9 Å². The standard InChI is InChI=1S/C32H33N3O2/c1-24-29(12-7-13-31(24)27-10-4-3-5-11-27)22-35(2)30-15-14-28(21-34-16-17-36)32(19-30)37-23-26-9-6-8-25(18-26)20-33/h3-15,18-19,34,36H,16-17,21-23H2,1-2H3. The molecule has 0 aromatic heterocycles. The van der Waals surface area contributed by atoms with Gasteiger partial charge >= 0.3 is 0 Å². The van der Waals surface area contributed by atoms with Gasteiger partial charge in [-0.3, -0.25) is 0 Å². The molecule has 0 amide bonds. The lowest BCUT2D eigenvalue weighted by molar-refractivity contribution is 0.288. The molecule has 0 saturated carbocycles. The molecule has 0 heterocycles. The topological polar surface area (TPSA) is 68.5 Å². The van der Waals surface area contributed by atoms with E-state index in [1.54, 1.807) is 6.07 Å². The second-order valence-corrected chi connectivity index (χ2v) is 9.11. The Balaban J connectivity index is 1.55. The quantitative estimate of drug-likeness (QED) is 0.258. The van der Waals surface area contributed by atoms with E-state index in [1.807, 2.05) is 24.3 Å². The molecule has 0 aliphatic rings. The highest BCUT2D eigenvalue weighted by atomic mass is 16.5. The monoisotopic (exact) mass is 491 g/mol. The zero-order valence-corrected chi connectivity index (χ0v) is 21.4. The first-order valence-corrected chi connectivity index (χ1v) is 12.5. The summed E-state index contributed by atoms with van der Waals surface area (Å²) in [4.78, 5) is 2.23. The Morgan fingerprint density at radius 2 is 1.73 bits per heavy atom. The van der Waals surface area contributed by atoms with Crippen LogP contribution in [0.1, 0.15) is 27.8 Å². The molecule has 188 valence electrons. The molecule has 37 heavy (non-hydrogen) atoms. The lowest BCUT2D eigenvalue weighted by atomic mass is 9.96. The van der Waals surface area contributed by atoms with Gasteiger partial charge in [-0.15, -0.1) is 0 Å². The van der Waals surface area contributed by atoms with Gasteiger partial charge in [-0.2, -0.15) is 5.26 Å². The fourth-order valence-electron chi connectivity index (χ4n) is 4.39. The van der Waals surface area contributed by atoms with Gasteiger partial charge in [0.05, 0.1) is 18.2 Å². The minimum absolute atomic E-state index is 0.0827. The van der Waals surface area contributed by atoms with Crippen LogP contribution in [0.2, 0.25) is 0 Å². The Hall–Kier alpha value is -4.11. The molecular formula is C32H33N3O2. The zero-order chi connectivity index (χ0) is 26.0. The number of aliphatic hydroxyl groups excluding tert-OH is 1. The number of nitrogens with one attached hydrogen (secondary N) is 1. The molecule has 4 rings (SSSR count). The van der Waals surface area contributed by atoms with Crippen LogP contribution in [0.4, 0.5) is 5.69 Å². The van der Waals surface area contributed by atoms with Crippen molar-refractivity contribution in [2.24, 2.45) is 0 Å². The molecule has 4 aromatic carbocycles. The predicted molar refractivity (Wildman–Crippen MR) is 149 cm³/mol. The van der Waals surface area contributed by atoms with Crippen LogP contribution in [-0.2, 0) is 19.7 Å². The van der Waals surface area contributed by atoms with Crippen LogP contribution in [0.25, 0.3) is 11.1 Å². The molecular weight excluding hydrogens is 458 g/mol. The summed E-state index contributed by atoms with van der Waals surface area (Å²) in [7, 11) is 2.09. The fraction of sp³-hybridized carbons (Fsp3) is 0.219. The van der Waals surface area contributed by atoms with Crippen molar-refractivity contribution in [1.82, 2.24) is 5.32 Å². The van der Waals surface area contributed by atoms with Crippen molar-refractivity contribution < 1.29 is 9.84 Å². The van der Waals surface area contributed by atoms with Crippen molar-refractivity contribution in [3.63, 3.8) is 0 Å². The normalized spacial score (nSPS) is 10.6. The SMILES string of the molecule is Cc1c(CN(C)c2ccc(CNCCO)c(OCc3cccc(C#N)c3)c2)cccc1-c1ccccc1. The Bertz CT molecular complexity index is 1360. The van der Waals surface area contributed by atoms with Gasteiger partial charge in [-0.1, -0.05) is 66.7 Å². The third-order valence-electron chi connectivity index (χ3n) is 6.48. The highest BCUT2D eigenvalue weighted by molar-refractivity contribution is 5.68. The van der Waals surface area contributed by atoms with Gasteiger partial charge in [0.1, 0.15) is 12.4 Å². The first-order valence-electron chi connectivity index (χ1n) is 12.5. The van der Waals surface area contributed by atoms with Crippen LogP contribution in [0.5, 0.6) is 5.75 Å². The number of rotatable bonds is 11. The second kappa shape index (κ2) is 12.7. The van der Waals surface area contributed by atoms with E-state index in [9.17, 15) is 5.26 Å². The Morgan fingerprint density at radius 1 is 0.919 bits per heavy atom. The average Bonchev–Trinajstić information content (AvgIpc) is 2.94. The third-order valence-corrected chi connectivity index (χ3v) is 6.48. The van der Waals surface area contributed by atoms with Crippen molar-refractivity contribution in [3.05, 3.63) is 119 Å². The molecule has 0 unspecified atom stereocenters. The summed E-state index contributed by atoms with van der Waals surface area (Å²) in [6.45, 7) is 4.51. The van der Waals surface area contributed by atoms with Crippen molar-refractivity contribution in [2.45, 2.75) is 26.6 Å². The molecule has 0 radical (unpaired) electrons. The summed E-state index contributed by atoms with van der Waals surface area (Å²) in [5.74, 6) is 0.784. The van der Waals surface area contributed by atoms with Crippen LogP contribution in [-0.4, -0.2) is 25.3 Å². The lowest BCUT2D eigenvalue weighted by Crippen LogP contribution is -2.19. The van der Waals surface area contributed by atoms with E-state index in [1.165, 1.54) is 22.3 Å². The second-order valence-electron chi connectivity index (χ2n) is 9.11. The molecule has 0 saturated heterocycles. The molecule has 0 atom stereocenters. The summed E-state index contributed by atoms with van der Waals surface area (Å²) in [5.41, 5.74) is 8.65. The highest BCUT2D eigenvalue weighted by Crippen LogP contribution is 2.30. The summed E-state index contributed by atoms with van der Waals surface area (Å²) >= 11 is 0. The van der Waals surface area contributed by atoms with Crippen LogP contribution >= 0.6 is 0 Å². The average molecular weight is 492 g/mol. The number of nitrogens with zero attached hydrogens (tertiary/aromatic N) is 2. The van der Waals surface area contributed by atoms with Crippen LogP contribution in [0.15, 0.2) is 91.0 Å². The molecule has 0 aliphatic heterocycles. The number of ether oxygens (including phenoxy) is 1. The van der Waals surface area contributed by atoms with Gasteiger partial charge in [-0.25, -0.2) is 0 Å². The minimum atomic E-state index is 0.0827. The molecule has 2 N–H and O–H groups in total. The maximum Gasteiger partial charge on any atom is 0.126 e.